The van der Waals surface area contributed by atoms with Crippen LogP contribution in [0.3, 0.4) is 0 Å². The molecule has 0 spiro atoms. The highest BCUT2D eigenvalue weighted by atomic mass is 16.6. The third-order valence-electron chi connectivity index (χ3n) is 2.77. The van der Waals surface area contributed by atoms with E-state index in [1.165, 1.54) is 12.1 Å². The van der Waals surface area contributed by atoms with Crippen molar-refractivity contribution in [3.8, 4) is 11.5 Å². The summed E-state index contributed by atoms with van der Waals surface area (Å²) in [6.07, 6.45) is 1.55. The second kappa shape index (κ2) is 5.68. The summed E-state index contributed by atoms with van der Waals surface area (Å²) >= 11 is 0. The molecule has 0 aliphatic carbocycles. The van der Waals surface area contributed by atoms with Crippen LogP contribution in [0, 0.1) is 16.0 Å². The topological polar surface area (TPSA) is 110 Å². The highest BCUT2D eigenvalue weighted by Crippen LogP contribution is 2.38. The summed E-state index contributed by atoms with van der Waals surface area (Å²) in [7, 11) is 0. The van der Waals surface area contributed by atoms with Gasteiger partial charge in [0.25, 0.3) is 0 Å². The number of rotatable bonds is 5. The third kappa shape index (κ3) is 3.33. The number of aromatic hydroxyl groups is 2. The van der Waals surface area contributed by atoms with Gasteiger partial charge in [0.15, 0.2) is 5.75 Å². The van der Waals surface area contributed by atoms with Crippen molar-refractivity contribution >= 4 is 5.69 Å². The van der Waals surface area contributed by atoms with E-state index in [0.717, 1.165) is 6.42 Å². The van der Waals surface area contributed by atoms with Crippen molar-refractivity contribution in [2.24, 2.45) is 11.7 Å². The fourth-order valence-electron chi connectivity index (χ4n) is 1.66. The van der Waals surface area contributed by atoms with Gasteiger partial charge < -0.3 is 15.9 Å². The van der Waals surface area contributed by atoms with Crippen molar-refractivity contribution in [1.29, 1.82) is 0 Å². The maximum atomic E-state index is 10.7. The second-order valence-corrected chi connectivity index (χ2v) is 4.74. The van der Waals surface area contributed by atoms with Crippen LogP contribution >= 0.6 is 0 Å². The number of benzene rings is 1. The Kier molecular flexibility index (Phi) is 4.49. The van der Waals surface area contributed by atoms with Gasteiger partial charge in [-0.05, 0) is 30.4 Å². The van der Waals surface area contributed by atoms with Crippen molar-refractivity contribution < 1.29 is 15.1 Å². The predicted molar refractivity (Wildman–Crippen MR) is 67.4 cm³/mol. The Hall–Kier alpha value is -1.82. The van der Waals surface area contributed by atoms with Crippen molar-refractivity contribution in [3.63, 3.8) is 0 Å². The maximum Gasteiger partial charge on any atom is 0.314 e. The lowest BCUT2D eigenvalue weighted by Crippen LogP contribution is -2.11. The van der Waals surface area contributed by atoms with Crippen molar-refractivity contribution in [2.75, 3.05) is 0 Å². The first-order valence-corrected chi connectivity index (χ1v) is 5.78. The first-order chi connectivity index (χ1) is 8.32. The summed E-state index contributed by atoms with van der Waals surface area (Å²) in [4.78, 5) is 9.97. The predicted octanol–water partition coefficient (Wildman–Crippen LogP) is 2.44. The fourth-order valence-corrected chi connectivity index (χ4v) is 1.66. The van der Waals surface area contributed by atoms with E-state index < -0.39 is 28.2 Å². The molecule has 1 rings (SSSR count). The monoisotopic (exact) mass is 254 g/mol. The zero-order valence-electron chi connectivity index (χ0n) is 10.5. The van der Waals surface area contributed by atoms with Crippen LogP contribution in [0.1, 0.15) is 38.3 Å². The number of hydrogen-bond acceptors (Lipinski definition) is 5. The summed E-state index contributed by atoms with van der Waals surface area (Å²) < 4.78 is 0. The Labute approximate surface area is 105 Å². The van der Waals surface area contributed by atoms with E-state index in [-0.39, 0.29) is 0 Å². The molecule has 0 aliphatic heterocycles. The molecule has 0 fully saturated rings. The molecule has 0 saturated carbocycles. The average molecular weight is 254 g/mol. The van der Waals surface area contributed by atoms with E-state index in [9.17, 15) is 20.3 Å². The van der Waals surface area contributed by atoms with Gasteiger partial charge in [0.2, 0.25) is 5.75 Å². The van der Waals surface area contributed by atoms with Crippen molar-refractivity contribution in [2.45, 2.75) is 32.7 Å². The molecule has 100 valence electrons. The average Bonchev–Trinajstić information content (AvgIpc) is 2.28. The van der Waals surface area contributed by atoms with E-state index in [2.05, 4.69) is 13.8 Å². The number of nitro groups is 1. The SMILES string of the molecule is CC(C)CC[C@H](N)c1cc(O)c(O)c([N+](=O)[O-])c1. The molecule has 4 N–H and O–H groups in total. The van der Waals surface area contributed by atoms with Crippen LogP contribution < -0.4 is 5.73 Å². The van der Waals surface area contributed by atoms with E-state index in [1.807, 2.05) is 0 Å². The van der Waals surface area contributed by atoms with Gasteiger partial charge in [0.1, 0.15) is 0 Å². The van der Waals surface area contributed by atoms with Crippen LogP contribution in [0.4, 0.5) is 5.69 Å². The summed E-state index contributed by atoms with van der Waals surface area (Å²) in [6.45, 7) is 4.12. The summed E-state index contributed by atoms with van der Waals surface area (Å²) in [5, 5.41) is 29.5. The summed E-state index contributed by atoms with van der Waals surface area (Å²) in [6, 6.07) is 2.09. The molecule has 0 aliphatic rings. The Morgan fingerprint density at radius 3 is 2.44 bits per heavy atom. The van der Waals surface area contributed by atoms with Crippen LogP contribution in [0.5, 0.6) is 11.5 Å². The third-order valence-corrected chi connectivity index (χ3v) is 2.77. The lowest BCUT2D eigenvalue weighted by molar-refractivity contribution is -0.386. The summed E-state index contributed by atoms with van der Waals surface area (Å²) in [5.41, 5.74) is 5.85. The van der Waals surface area contributed by atoms with Crippen LogP contribution in [0.2, 0.25) is 0 Å². The molecule has 1 atom stereocenters. The number of hydrogen-bond donors (Lipinski definition) is 3. The smallest absolute Gasteiger partial charge is 0.314 e. The molecular weight excluding hydrogens is 236 g/mol. The van der Waals surface area contributed by atoms with E-state index >= 15 is 0 Å². The molecular formula is C12H18N2O4. The molecule has 0 aromatic heterocycles. The Morgan fingerprint density at radius 2 is 1.94 bits per heavy atom. The van der Waals surface area contributed by atoms with Gasteiger partial charge in [-0.2, -0.15) is 0 Å². The van der Waals surface area contributed by atoms with Crippen LogP contribution in [-0.4, -0.2) is 15.1 Å². The standard InChI is InChI=1S/C12H18N2O4/c1-7(2)3-4-9(13)8-5-10(14(17)18)12(16)11(15)6-8/h5-7,9,15-16H,3-4,13H2,1-2H3/t9-/m0/s1. The van der Waals surface area contributed by atoms with Crippen molar-refractivity contribution in [3.05, 3.63) is 27.8 Å². The first kappa shape index (κ1) is 14.2. The highest BCUT2D eigenvalue weighted by Gasteiger charge is 2.21. The van der Waals surface area contributed by atoms with Gasteiger partial charge in [-0.15, -0.1) is 0 Å². The maximum absolute atomic E-state index is 10.7. The molecule has 0 saturated heterocycles. The summed E-state index contributed by atoms with van der Waals surface area (Å²) in [5.74, 6) is -0.754. The van der Waals surface area contributed by atoms with Gasteiger partial charge in [-0.25, -0.2) is 0 Å². The number of phenols is 2. The molecule has 18 heavy (non-hydrogen) atoms. The Balaban J connectivity index is 2.99. The normalized spacial score (nSPS) is 12.7. The van der Waals surface area contributed by atoms with Crippen LogP contribution in [-0.2, 0) is 0 Å². The van der Waals surface area contributed by atoms with Gasteiger partial charge in [-0.1, -0.05) is 13.8 Å². The van der Waals surface area contributed by atoms with Crippen LogP contribution in [0.25, 0.3) is 0 Å². The highest BCUT2D eigenvalue weighted by molar-refractivity contribution is 5.56. The van der Waals surface area contributed by atoms with Crippen molar-refractivity contribution in [1.82, 2.24) is 0 Å². The molecule has 0 heterocycles. The Bertz CT molecular complexity index is 446. The fraction of sp³-hybridized carbons (Fsp3) is 0.500. The largest absolute Gasteiger partial charge is 0.504 e. The van der Waals surface area contributed by atoms with Crippen LogP contribution in [0.15, 0.2) is 12.1 Å². The molecule has 6 nitrogen and oxygen atoms in total. The second-order valence-electron chi connectivity index (χ2n) is 4.74. The first-order valence-electron chi connectivity index (χ1n) is 5.78. The van der Waals surface area contributed by atoms with Gasteiger partial charge >= 0.3 is 5.69 Å². The minimum Gasteiger partial charge on any atom is -0.504 e. The number of phenolic OH excluding ortho intramolecular Hbond substituents is 2. The zero-order valence-corrected chi connectivity index (χ0v) is 10.5. The molecule has 0 bridgehead atoms. The molecule has 0 unspecified atom stereocenters. The molecule has 1 aromatic carbocycles. The van der Waals surface area contributed by atoms with Gasteiger partial charge in [-0.3, -0.25) is 10.1 Å². The lowest BCUT2D eigenvalue weighted by Gasteiger charge is -2.14. The quantitative estimate of drug-likeness (QED) is 0.424. The van der Waals surface area contributed by atoms with Gasteiger partial charge in [0, 0.05) is 12.1 Å². The molecule has 1 aromatic rings. The number of nitro benzene ring substituents is 1. The van der Waals surface area contributed by atoms with E-state index in [1.54, 1.807) is 0 Å². The number of nitrogens with two attached hydrogens (primary N) is 1. The minimum atomic E-state index is -0.742. The molecule has 0 amide bonds. The lowest BCUT2D eigenvalue weighted by atomic mass is 9.97. The molecule has 0 radical (unpaired) electrons. The van der Waals surface area contributed by atoms with E-state index in [0.29, 0.717) is 17.9 Å². The zero-order chi connectivity index (χ0) is 13.9. The van der Waals surface area contributed by atoms with Gasteiger partial charge in [0.05, 0.1) is 4.92 Å². The minimum absolute atomic E-state index is 0.391. The Morgan fingerprint density at radius 1 is 1.33 bits per heavy atom. The number of nitrogens with zero attached hydrogens (tertiary/aromatic N) is 1. The molecule has 6 heteroatoms. The van der Waals surface area contributed by atoms with E-state index in [4.69, 9.17) is 5.73 Å².